The molecule has 2 aromatic carbocycles. The van der Waals surface area contributed by atoms with Crippen molar-refractivity contribution in [2.75, 3.05) is 24.4 Å². The van der Waals surface area contributed by atoms with Gasteiger partial charge in [-0.25, -0.2) is 0 Å². The van der Waals surface area contributed by atoms with Crippen LogP contribution in [0.25, 0.3) is 0 Å². The maximum absolute atomic E-state index is 12.5. The zero-order chi connectivity index (χ0) is 19.4. The van der Waals surface area contributed by atoms with E-state index in [0.717, 1.165) is 34.9 Å². The molecule has 0 bridgehead atoms. The lowest BCUT2D eigenvalue weighted by molar-refractivity contribution is -0.116. The third-order valence-corrected chi connectivity index (χ3v) is 4.42. The van der Waals surface area contributed by atoms with Gasteiger partial charge in [0.1, 0.15) is 29.4 Å². The van der Waals surface area contributed by atoms with E-state index in [1.807, 2.05) is 32.9 Å². The van der Waals surface area contributed by atoms with E-state index in [1.165, 1.54) is 0 Å². The van der Waals surface area contributed by atoms with Crippen molar-refractivity contribution in [3.63, 3.8) is 0 Å². The van der Waals surface area contributed by atoms with Crippen molar-refractivity contribution in [3.8, 4) is 17.2 Å². The molecule has 0 spiro atoms. The lowest BCUT2D eigenvalue weighted by Crippen LogP contribution is -2.32. The van der Waals surface area contributed by atoms with Crippen molar-refractivity contribution in [2.24, 2.45) is 0 Å². The van der Waals surface area contributed by atoms with Gasteiger partial charge < -0.3 is 24.8 Å². The summed E-state index contributed by atoms with van der Waals surface area (Å²) in [7, 11) is 1.61. The lowest BCUT2D eigenvalue weighted by atomic mass is 10.1. The molecule has 6 heteroatoms. The van der Waals surface area contributed by atoms with Gasteiger partial charge in [0.05, 0.1) is 19.4 Å². The molecule has 0 unspecified atom stereocenters. The Balaban J connectivity index is 1.71. The molecule has 0 aliphatic carbocycles. The van der Waals surface area contributed by atoms with Crippen LogP contribution in [0.4, 0.5) is 11.4 Å². The second-order valence-electron chi connectivity index (χ2n) is 6.61. The van der Waals surface area contributed by atoms with Crippen LogP contribution in [0, 0.1) is 0 Å². The van der Waals surface area contributed by atoms with Crippen molar-refractivity contribution < 1.29 is 19.0 Å². The van der Waals surface area contributed by atoms with E-state index in [2.05, 4.69) is 10.6 Å². The molecule has 0 aromatic heterocycles. The van der Waals surface area contributed by atoms with Crippen LogP contribution in [0.15, 0.2) is 36.4 Å². The number of hydrogen-bond acceptors (Lipinski definition) is 5. The molecular formula is C21H26N2O4. The molecule has 144 valence electrons. The minimum Gasteiger partial charge on any atom is -0.497 e. The van der Waals surface area contributed by atoms with E-state index in [0.29, 0.717) is 12.3 Å². The second kappa shape index (κ2) is 8.20. The third-order valence-electron chi connectivity index (χ3n) is 4.42. The van der Waals surface area contributed by atoms with Crippen LogP contribution in [0.2, 0.25) is 0 Å². The fraction of sp³-hybridized carbons (Fsp3) is 0.381. The van der Waals surface area contributed by atoms with Gasteiger partial charge in [-0.05, 0) is 51.1 Å². The van der Waals surface area contributed by atoms with Crippen molar-refractivity contribution >= 4 is 17.3 Å². The fourth-order valence-corrected chi connectivity index (χ4v) is 3.05. The Labute approximate surface area is 159 Å². The number of ether oxygens (including phenoxy) is 3. The molecule has 2 atom stereocenters. The largest absolute Gasteiger partial charge is 0.497 e. The molecule has 2 aromatic rings. The average molecular weight is 370 g/mol. The monoisotopic (exact) mass is 370 g/mol. The summed E-state index contributed by atoms with van der Waals surface area (Å²) in [5.74, 6) is 2.18. The summed E-state index contributed by atoms with van der Waals surface area (Å²) in [6, 6.07) is 10.7. The minimum atomic E-state index is -0.455. The van der Waals surface area contributed by atoms with Crippen LogP contribution in [0.1, 0.15) is 26.3 Å². The van der Waals surface area contributed by atoms with Gasteiger partial charge >= 0.3 is 0 Å². The Bertz CT molecular complexity index is 805. The highest BCUT2D eigenvalue weighted by Crippen LogP contribution is 2.38. The van der Waals surface area contributed by atoms with Crippen LogP contribution >= 0.6 is 0 Å². The number of fused-ring (bicyclic) bond motifs is 1. The van der Waals surface area contributed by atoms with Gasteiger partial charge in [-0.2, -0.15) is 0 Å². The zero-order valence-electron chi connectivity index (χ0n) is 16.2. The summed E-state index contributed by atoms with van der Waals surface area (Å²) < 4.78 is 16.7. The first kappa shape index (κ1) is 18.9. The molecule has 0 fully saturated rings. The van der Waals surface area contributed by atoms with Gasteiger partial charge in [-0.1, -0.05) is 0 Å². The predicted molar refractivity (Wildman–Crippen MR) is 106 cm³/mol. The van der Waals surface area contributed by atoms with Crippen molar-refractivity contribution in [1.82, 2.24) is 0 Å². The highest BCUT2D eigenvalue weighted by molar-refractivity contribution is 5.96. The summed E-state index contributed by atoms with van der Waals surface area (Å²) in [5, 5.41) is 6.14. The lowest BCUT2D eigenvalue weighted by Gasteiger charge is -2.19. The molecule has 1 amide bonds. The quantitative estimate of drug-likeness (QED) is 0.775. The first-order valence-corrected chi connectivity index (χ1v) is 9.18. The Hall–Kier alpha value is -2.89. The number of carbonyl (C=O) groups excluding carboxylic acids is 1. The van der Waals surface area contributed by atoms with Gasteiger partial charge in [0.25, 0.3) is 0 Å². The average Bonchev–Trinajstić information content (AvgIpc) is 3.01. The number of nitrogens with one attached hydrogen (secondary N) is 2. The van der Waals surface area contributed by atoms with E-state index in [-0.39, 0.29) is 12.0 Å². The van der Waals surface area contributed by atoms with Gasteiger partial charge in [0.2, 0.25) is 5.91 Å². The fourth-order valence-electron chi connectivity index (χ4n) is 3.05. The van der Waals surface area contributed by atoms with Crippen molar-refractivity contribution in [1.29, 1.82) is 0 Å². The molecule has 27 heavy (non-hydrogen) atoms. The summed E-state index contributed by atoms with van der Waals surface area (Å²) in [4.78, 5) is 12.5. The molecule has 0 saturated heterocycles. The van der Waals surface area contributed by atoms with Gasteiger partial charge in [0, 0.05) is 23.7 Å². The Morgan fingerprint density at radius 1 is 1.30 bits per heavy atom. The van der Waals surface area contributed by atoms with Crippen molar-refractivity contribution in [2.45, 2.75) is 39.3 Å². The number of rotatable bonds is 7. The second-order valence-corrected chi connectivity index (χ2v) is 6.61. The SMILES string of the molecule is CCOc1cc2c(cc1N[C@@H](C)C(=O)Nc1ccc(OC)cc1)O[C@H](C)C2. The van der Waals surface area contributed by atoms with Crippen LogP contribution in [-0.2, 0) is 11.2 Å². The van der Waals surface area contributed by atoms with Crippen LogP contribution in [0.3, 0.4) is 0 Å². The third kappa shape index (κ3) is 4.45. The van der Waals surface area contributed by atoms with Gasteiger partial charge in [-0.3, -0.25) is 4.79 Å². The van der Waals surface area contributed by atoms with Gasteiger partial charge in [-0.15, -0.1) is 0 Å². The Morgan fingerprint density at radius 2 is 2.04 bits per heavy atom. The highest BCUT2D eigenvalue weighted by Gasteiger charge is 2.23. The van der Waals surface area contributed by atoms with Gasteiger partial charge in [0.15, 0.2) is 0 Å². The number of anilines is 2. The number of hydrogen-bond donors (Lipinski definition) is 2. The number of methoxy groups -OCH3 is 1. The highest BCUT2D eigenvalue weighted by atomic mass is 16.5. The van der Waals surface area contributed by atoms with E-state index in [9.17, 15) is 4.79 Å². The van der Waals surface area contributed by atoms with Crippen molar-refractivity contribution in [3.05, 3.63) is 42.0 Å². The molecule has 0 saturated carbocycles. The Morgan fingerprint density at radius 3 is 2.70 bits per heavy atom. The molecule has 6 nitrogen and oxygen atoms in total. The van der Waals surface area contributed by atoms with Crippen LogP contribution in [0.5, 0.6) is 17.2 Å². The number of amides is 1. The summed E-state index contributed by atoms with van der Waals surface area (Å²) in [6.45, 7) is 6.34. The maximum Gasteiger partial charge on any atom is 0.246 e. The molecule has 2 N–H and O–H groups in total. The molecule has 3 rings (SSSR count). The predicted octanol–water partition coefficient (Wildman–Crippen LogP) is 3.86. The number of benzene rings is 2. The summed E-state index contributed by atoms with van der Waals surface area (Å²) in [5.41, 5.74) is 2.60. The first-order valence-electron chi connectivity index (χ1n) is 9.18. The normalized spacial score (nSPS) is 16.1. The first-order chi connectivity index (χ1) is 13.0. The molecule has 1 aliphatic rings. The topological polar surface area (TPSA) is 68.8 Å². The zero-order valence-corrected chi connectivity index (χ0v) is 16.2. The molecule has 0 radical (unpaired) electrons. The van der Waals surface area contributed by atoms with Crippen LogP contribution in [-0.4, -0.2) is 31.8 Å². The maximum atomic E-state index is 12.5. The number of carbonyl (C=O) groups is 1. The van der Waals surface area contributed by atoms with E-state index in [4.69, 9.17) is 14.2 Å². The molecular weight excluding hydrogens is 344 g/mol. The smallest absolute Gasteiger partial charge is 0.246 e. The summed E-state index contributed by atoms with van der Waals surface area (Å²) >= 11 is 0. The summed E-state index contributed by atoms with van der Waals surface area (Å²) in [6.07, 6.45) is 1.02. The Kier molecular flexibility index (Phi) is 5.74. The van der Waals surface area contributed by atoms with E-state index >= 15 is 0 Å². The standard InChI is InChI=1S/C21H26N2O4/c1-5-26-20-11-15-10-13(2)27-19(15)12-18(20)22-14(3)21(24)23-16-6-8-17(25-4)9-7-16/h6-9,11-14,22H,5,10H2,1-4H3,(H,23,24)/t13-,14+/m1/s1. The van der Waals surface area contributed by atoms with E-state index < -0.39 is 6.04 Å². The van der Waals surface area contributed by atoms with E-state index in [1.54, 1.807) is 31.4 Å². The minimum absolute atomic E-state index is 0.141. The van der Waals surface area contributed by atoms with Crippen LogP contribution < -0.4 is 24.8 Å². The molecule has 1 aliphatic heterocycles. The molecule has 1 heterocycles.